The van der Waals surface area contributed by atoms with E-state index in [1.165, 1.54) is 19.3 Å². The summed E-state index contributed by atoms with van der Waals surface area (Å²) in [5.41, 5.74) is 0. The summed E-state index contributed by atoms with van der Waals surface area (Å²) in [7, 11) is 1.64. The number of hydrogen-bond donors (Lipinski definition) is 3. The van der Waals surface area contributed by atoms with Gasteiger partial charge in [0.25, 0.3) is 0 Å². The van der Waals surface area contributed by atoms with Crippen molar-refractivity contribution < 1.29 is 14.3 Å². The largest absolute Gasteiger partial charge is 0.385 e. The molecule has 6 nitrogen and oxygen atoms in total. The highest BCUT2D eigenvalue weighted by Gasteiger charge is 2.15. The molecular weight excluding hydrogens is 270 g/mol. The van der Waals surface area contributed by atoms with Crippen LogP contribution in [-0.4, -0.2) is 44.8 Å². The third-order valence-electron chi connectivity index (χ3n) is 3.65. The number of urea groups is 1. The van der Waals surface area contributed by atoms with Crippen LogP contribution >= 0.6 is 0 Å². The van der Waals surface area contributed by atoms with Gasteiger partial charge in [-0.3, -0.25) is 4.79 Å². The average molecular weight is 299 g/mol. The van der Waals surface area contributed by atoms with Gasteiger partial charge in [0, 0.05) is 39.3 Å². The third kappa shape index (κ3) is 9.28. The van der Waals surface area contributed by atoms with Gasteiger partial charge in [0.2, 0.25) is 5.91 Å². The van der Waals surface area contributed by atoms with E-state index in [1.54, 1.807) is 7.11 Å². The number of methoxy groups -OCH3 is 1. The molecule has 0 aromatic heterocycles. The van der Waals surface area contributed by atoms with Crippen molar-refractivity contribution in [1.82, 2.24) is 16.0 Å². The van der Waals surface area contributed by atoms with E-state index in [2.05, 4.69) is 16.0 Å². The Kier molecular flexibility index (Phi) is 9.61. The van der Waals surface area contributed by atoms with Crippen LogP contribution in [0.1, 0.15) is 51.4 Å². The lowest BCUT2D eigenvalue weighted by Gasteiger charge is -2.22. The Balaban J connectivity index is 1.95. The highest BCUT2D eigenvalue weighted by atomic mass is 16.5. The van der Waals surface area contributed by atoms with Crippen molar-refractivity contribution in [2.75, 3.05) is 26.8 Å². The van der Waals surface area contributed by atoms with Crippen LogP contribution in [-0.2, 0) is 9.53 Å². The van der Waals surface area contributed by atoms with Gasteiger partial charge in [-0.15, -0.1) is 0 Å². The monoisotopic (exact) mass is 299 g/mol. The number of ether oxygens (including phenoxy) is 1. The first kappa shape index (κ1) is 17.8. The van der Waals surface area contributed by atoms with Crippen LogP contribution in [0.5, 0.6) is 0 Å². The second-order valence-electron chi connectivity index (χ2n) is 5.54. The van der Waals surface area contributed by atoms with E-state index in [1.807, 2.05) is 0 Å². The van der Waals surface area contributed by atoms with Crippen molar-refractivity contribution in [3.8, 4) is 0 Å². The Morgan fingerprint density at radius 2 is 1.76 bits per heavy atom. The number of rotatable bonds is 9. The minimum absolute atomic E-state index is 0.0283. The van der Waals surface area contributed by atoms with Crippen LogP contribution in [0.3, 0.4) is 0 Å². The standard InChI is InChI=1S/C15H29N3O3/c1-21-12-6-11-16-14(19)9-5-10-17-15(20)18-13-7-3-2-4-8-13/h13H,2-12H2,1H3,(H,16,19)(H2,17,18,20). The van der Waals surface area contributed by atoms with Crippen molar-refractivity contribution in [1.29, 1.82) is 0 Å². The van der Waals surface area contributed by atoms with E-state index in [0.717, 1.165) is 19.3 Å². The summed E-state index contributed by atoms with van der Waals surface area (Å²) in [5.74, 6) is 0.0283. The van der Waals surface area contributed by atoms with Gasteiger partial charge in [-0.05, 0) is 25.7 Å². The number of nitrogens with one attached hydrogen (secondary N) is 3. The fraction of sp³-hybridized carbons (Fsp3) is 0.867. The molecule has 122 valence electrons. The average Bonchev–Trinajstić information content (AvgIpc) is 2.49. The molecule has 0 bridgehead atoms. The molecule has 1 fully saturated rings. The van der Waals surface area contributed by atoms with Crippen LogP contribution in [0.2, 0.25) is 0 Å². The van der Waals surface area contributed by atoms with Gasteiger partial charge in [0.05, 0.1) is 0 Å². The number of amides is 3. The SMILES string of the molecule is COCCCNC(=O)CCCNC(=O)NC1CCCCC1. The molecule has 0 radical (unpaired) electrons. The highest BCUT2D eigenvalue weighted by Crippen LogP contribution is 2.17. The molecule has 1 aliphatic rings. The smallest absolute Gasteiger partial charge is 0.315 e. The molecule has 1 aliphatic carbocycles. The van der Waals surface area contributed by atoms with Gasteiger partial charge in [0.1, 0.15) is 0 Å². The van der Waals surface area contributed by atoms with Crippen molar-refractivity contribution >= 4 is 11.9 Å². The predicted molar refractivity (Wildman–Crippen MR) is 82.1 cm³/mol. The van der Waals surface area contributed by atoms with Crippen LogP contribution in [0.15, 0.2) is 0 Å². The molecular formula is C15H29N3O3. The normalized spacial score (nSPS) is 15.5. The first-order chi connectivity index (χ1) is 10.2. The lowest BCUT2D eigenvalue weighted by atomic mass is 9.96. The first-order valence-corrected chi connectivity index (χ1v) is 8.02. The van der Waals surface area contributed by atoms with Crippen molar-refractivity contribution in [3.05, 3.63) is 0 Å². The van der Waals surface area contributed by atoms with Gasteiger partial charge >= 0.3 is 6.03 Å². The Bertz CT molecular complexity index is 305. The van der Waals surface area contributed by atoms with E-state index in [9.17, 15) is 9.59 Å². The molecule has 0 saturated heterocycles. The zero-order valence-corrected chi connectivity index (χ0v) is 13.1. The van der Waals surface area contributed by atoms with Gasteiger partial charge in [-0.1, -0.05) is 19.3 Å². The van der Waals surface area contributed by atoms with E-state index < -0.39 is 0 Å². The second kappa shape index (κ2) is 11.4. The molecule has 3 amide bonds. The van der Waals surface area contributed by atoms with Crippen molar-refractivity contribution in [2.24, 2.45) is 0 Å². The number of carbonyl (C=O) groups excluding carboxylic acids is 2. The number of hydrogen-bond acceptors (Lipinski definition) is 3. The molecule has 0 atom stereocenters. The predicted octanol–water partition coefficient (Wildman–Crippen LogP) is 1.55. The quantitative estimate of drug-likeness (QED) is 0.565. The molecule has 21 heavy (non-hydrogen) atoms. The molecule has 0 unspecified atom stereocenters. The Morgan fingerprint density at radius 3 is 2.48 bits per heavy atom. The third-order valence-corrected chi connectivity index (χ3v) is 3.65. The fourth-order valence-electron chi connectivity index (χ4n) is 2.47. The lowest BCUT2D eigenvalue weighted by Crippen LogP contribution is -2.43. The topological polar surface area (TPSA) is 79.5 Å². The summed E-state index contributed by atoms with van der Waals surface area (Å²) in [6, 6.07) is 0.213. The van der Waals surface area contributed by atoms with Gasteiger partial charge in [-0.25, -0.2) is 4.79 Å². The Labute approximate surface area is 127 Å². The highest BCUT2D eigenvalue weighted by molar-refractivity contribution is 5.76. The molecule has 3 N–H and O–H groups in total. The van der Waals surface area contributed by atoms with Crippen molar-refractivity contribution in [2.45, 2.75) is 57.4 Å². The van der Waals surface area contributed by atoms with E-state index in [4.69, 9.17) is 4.74 Å². The molecule has 0 spiro atoms. The van der Waals surface area contributed by atoms with Crippen LogP contribution in [0.4, 0.5) is 4.79 Å². The molecule has 6 heteroatoms. The zero-order chi connectivity index (χ0) is 15.3. The maximum atomic E-state index is 11.7. The number of carbonyl (C=O) groups is 2. The molecule has 1 rings (SSSR count). The summed E-state index contributed by atoms with van der Waals surface area (Å²) in [5, 5.41) is 8.63. The minimum atomic E-state index is -0.109. The maximum Gasteiger partial charge on any atom is 0.315 e. The van der Waals surface area contributed by atoms with Crippen LogP contribution in [0.25, 0.3) is 0 Å². The van der Waals surface area contributed by atoms with Crippen LogP contribution in [0, 0.1) is 0 Å². The molecule has 0 aromatic rings. The summed E-state index contributed by atoms with van der Waals surface area (Å²) in [6.07, 6.45) is 7.77. The van der Waals surface area contributed by atoms with E-state index in [0.29, 0.717) is 38.6 Å². The fourth-order valence-corrected chi connectivity index (χ4v) is 2.47. The Morgan fingerprint density at radius 1 is 1.05 bits per heavy atom. The Hall–Kier alpha value is -1.30. The van der Waals surface area contributed by atoms with Crippen LogP contribution < -0.4 is 16.0 Å². The van der Waals surface area contributed by atoms with E-state index >= 15 is 0 Å². The first-order valence-electron chi connectivity index (χ1n) is 8.02. The second-order valence-corrected chi connectivity index (χ2v) is 5.54. The summed E-state index contributed by atoms with van der Waals surface area (Å²) >= 11 is 0. The molecule has 1 saturated carbocycles. The maximum absolute atomic E-state index is 11.7. The van der Waals surface area contributed by atoms with E-state index in [-0.39, 0.29) is 11.9 Å². The summed E-state index contributed by atoms with van der Waals surface area (Å²) in [6.45, 7) is 1.83. The molecule has 0 aliphatic heterocycles. The molecule has 0 aromatic carbocycles. The van der Waals surface area contributed by atoms with Gasteiger partial charge in [-0.2, -0.15) is 0 Å². The van der Waals surface area contributed by atoms with Gasteiger partial charge < -0.3 is 20.7 Å². The summed E-state index contributed by atoms with van der Waals surface area (Å²) in [4.78, 5) is 23.2. The summed E-state index contributed by atoms with van der Waals surface area (Å²) < 4.78 is 4.91. The molecule has 0 heterocycles. The van der Waals surface area contributed by atoms with Gasteiger partial charge in [0.15, 0.2) is 0 Å². The zero-order valence-electron chi connectivity index (χ0n) is 13.1. The minimum Gasteiger partial charge on any atom is -0.385 e. The van der Waals surface area contributed by atoms with Crippen molar-refractivity contribution in [3.63, 3.8) is 0 Å². The lowest BCUT2D eigenvalue weighted by molar-refractivity contribution is -0.121.